The van der Waals surface area contributed by atoms with E-state index in [-0.39, 0.29) is 18.0 Å². The monoisotopic (exact) mass is 372 g/mol. The van der Waals surface area contributed by atoms with Gasteiger partial charge in [-0.15, -0.1) is 0 Å². The van der Waals surface area contributed by atoms with Crippen molar-refractivity contribution in [3.63, 3.8) is 0 Å². The molecule has 1 aromatic rings. The summed E-state index contributed by atoms with van der Waals surface area (Å²) in [5, 5.41) is 3.04. The smallest absolute Gasteiger partial charge is 0.317 e. The molecule has 0 aliphatic carbocycles. The quantitative estimate of drug-likeness (QED) is 0.877. The van der Waals surface area contributed by atoms with E-state index in [4.69, 9.17) is 0 Å². The lowest BCUT2D eigenvalue weighted by Gasteiger charge is -2.36. The summed E-state index contributed by atoms with van der Waals surface area (Å²) < 4.78 is 0. The van der Waals surface area contributed by atoms with Crippen molar-refractivity contribution < 1.29 is 9.59 Å². The number of piperazine rings is 1. The number of likely N-dealkylation sites (tertiary alicyclic amines) is 1. The molecule has 2 aliphatic heterocycles. The number of urea groups is 1. The van der Waals surface area contributed by atoms with E-state index < -0.39 is 0 Å². The van der Waals surface area contributed by atoms with Crippen molar-refractivity contribution in [2.24, 2.45) is 0 Å². The SMILES string of the molecule is Cc1cccc(C)c1CCNC(=O)N1CCN(C(=O)C2CCCN2C)CC1. The Morgan fingerprint density at radius 1 is 1.04 bits per heavy atom. The Morgan fingerprint density at radius 3 is 2.26 bits per heavy atom. The number of nitrogens with zero attached hydrogens (tertiary/aromatic N) is 3. The molecule has 2 aliphatic rings. The van der Waals surface area contributed by atoms with Crippen LogP contribution in [0.15, 0.2) is 18.2 Å². The summed E-state index contributed by atoms with van der Waals surface area (Å²) in [6.07, 6.45) is 2.89. The van der Waals surface area contributed by atoms with Gasteiger partial charge in [-0.05, 0) is 63.4 Å². The Kier molecular flexibility index (Phi) is 6.37. The second kappa shape index (κ2) is 8.74. The molecule has 0 spiro atoms. The first-order valence-corrected chi connectivity index (χ1v) is 10.0. The highest BCUT2D eigenvalue weighted by molar-refractivity contribution is 5.82. The Bertz CT molecular complexity index is 663. The van der Waals surface area contributed by atoms with Crippen LogP contribution in [0.4, 0.5) is 4.79 Å². The Hall–Kier alpha value is -2.08. The fraction of sp³-hybridized carbons (Fsp3) is 0.619. The molecule has 0 radical (unpaired) electrons. The number of nitrogens with one attached hydrogen (secondary N) is 1. The summed E-state index contributed by atoms with van der Waals surface area (Å²) in [5.41, 5.74) is 3.86. The molecule has 3 rings (SSSR count). The fourth-order valence-corrected chi connectivity index (χ4v) is 4.21. The maximum atomic E-state index is 12.6. The number of carbonyl (C=O) groups is 2. The predicted molar refractivity (Wildman–Crippen MR) is 107 cm³/mol. The van der Waals surface area contributed by atoms with E-state index in [1.807, 2.05) is 16.8 Å². The van der Waals surface area contributed by atoms with Gasteiger partial charge in [0, 0.05) is 32.7 Å². The second-order valence-corrected chi connectivity index (χ2v) is 7.80. The Morgan fingerprint density at radius 2 is 1.67 bits per heavy atom. The normalized spacial score (nSPS) is 20.8. The number of benzene rings is 1. The molecule has 2 heterocycles. The van der Waals surface area contributed by atoms with Gasteiger partial charge in [0.25, 0.3) is 0 Å². The molecular weight excluding hydrogens is 340 g/mol. The molecule has 1 N–H and O–H groups in total. The molecule has 6 nitrogen and oxygen atoms in total. The van der Waals surface area contributed by atoms with Crippen LogP contribution >= 0.6 is 0 Å². The number of hydrogen-bond acceptors (Lipinski definition) is 3. The lowest BCUT2D eigenvalue weighted by Crippen LogP contribution is -2.56. The Balaban J connectivity index is 1.43. The number of rotatable bonds is 4. The van der Waals surface area contributed by atoms with Gasteiger partial charge in [0.05, 0.1) is 6.04 Å². The van der Waals surface area contributed by atoms with Crippen LogP contribution in [0.25, 0.3) is 0 Å². The maximum absolute atomic E-state index is 12.6. The lowest BCUT2D eigenvalue weighted by molar-refractivity contribution is -0.137. The molecule has 0 aromatic heterocycles. The number of hydrogen-bond donors (Lipinski definition) is 1. The van der Waals surface area contributed by atoms with Gasteiger partial charge < -0.3 is 15.1 Å². The van der Waals surface area contributed by atoms with Crippen molar-refractivity contribution in [2.75, 3.05) is 46.3 Å². The first-order valence-electron chi connectivity index (χ1n) is 10.0. The number of carbonyl (C=O) groups excluding carboxylic acids is 2. The summed E-state index contributed by atoms with van der Waals surface area (Å²) in [7, 11) is 2.02. The van der Waals surface area contributed by atoms with E-state index in [2.05, 4.69) is 42.3 Å². The number of amides is 3. The lowest BCUT2D eigenvalue weighted by atomic mass is 10.0. The molecule has 1 aromatic carbocycles. The van der Waals surface area contributed by atoms with E-state index in [1.54, 1.807) is 0 Å². The van der Waals surface area contributed by atoms with Crippen molar-refractivity contribution in [2.45, 2.75) is 39.2 Å². The zero-order valence-electron chi connectivity index (χ0n) is 16.8. The van der Waals surface area contributed by atoms with E-state index in [0.29, 0.717) is 32.7 Å². The molecule has 27 heavy (non-hydrogen) atoms. The summed E-state index contributed by atoms with van der Waals surface area (Å²) in [4.78, 5) is 31.0. The molecule has 148 valence electrons. The van der Waals surface area contributed by atoms with Crippen LogP contribution in [0.3, 0.4) is 0 Å². The summed E-state index contributed by atoms with van der Waals surface area (Å²) in [6.45, 7) is 8.34. The highest BCUT2D eigenvalue weighted by atomic mass is 16.2. The van der Waals surface area contributed by atoms with Crippen molar-refractivity contribution >= 4 is 11.9 Å². The molecule has 0 bridgehead atoms. The Labute approximate surface area is 162 Å². The van der Waals surface area contributed by atoms with Crippen LogP contribution in [-0.4, -0.2) is 79.0 Å². The summed E-state index contributed by atoms with van der Waals surface area (Å²) >= 11 is 0. The molecule has 1 unspecified atom stereocenters. The number of aryl methyl sites for hydroxylation is 2. The average Bonchev–Trinajstić information content (AvgIpc) is 3.09. The van der Waals surface area contributed by atoms with Gasteiger partial charge in [-0.2, -0.15) is 0 Å². The molecule has 2 fully saturated rings. The van der Waals surface area contributed by atoms with Crippen LogP contribution in [0, 0.1) is 13.8 Å². The van der Waals surface area contributed by atoms with Gasteiger partial charge in [0.15, 0.2) is 0 Å². The van der Waals surface area contributed by atoms with Crippen LogP contribution in [0.2, 0.25) is 0 Å². The van der Waals surface area contributed by atoms with E-state index in [0.717, 1.165) is 25.8 Å². The molecule has 2 saturated heterocycles. The van der Waals surface area contributed by atoms with Gasteiger partial charge in [0.1, 0.15) is 0 Å². The number of likely N-dealkylation sites (N-methyl/N-ethyl adjacent to an activating group) is 1. The van der Waals surface area contributed by atoms with Crippen molar-refractivity contribution in [3.8, 4) is 0 Å². The van der Waals surface area contributed by atoms with Gasteiger partial charge in [0.2, 0.25) is 5.91 Å². The predicted octanol–water partition coefficient (Wildman–Crippen LogP) is 1.79. The topological polar surface area (TPSA) is 55.9 Å². The third-order valence-electron chi connectivity index (χ3n) is 5.98. The van der Waals surface area contributed by atoms with E-state index in [1.165, 1.54) is 16.7 Å². The first kappa shape index (κ1) is 19.7. The third-order valence-corrected chi connectivity index (χ3v) is 5.98. The van der Waals surface area contributed by atoms with Gasteiger partial charge in [-0.3, -0.25) is 9.69 Å². The zero-order valence-corrected chi connectivity index (χ0v) is 16.8. The summed E-state index contributed by atoms with van der Waals surface area (Å²) in [5.74, 6) is 0.227. The van der Waals surface area contributed by atoms with Crippen LogP contribution in [0.1, 0.15) is 29.5 Å². The van der Waals surface area contributed by atoms with Crippen molar-refractivity contribution in [1.29, 1.82) is 0 Å². The highest BCUT2D eigenvalue weighted by Crippen LogP contribution is 2.18. The fourth-order valence-electron chi connectivity index (χ4n) is 4.21. The average molecular weight is 373 g/mol. The van der Waals surface area contributed by atoms with Gasteiger partial charge in [-0.25, -0.2) is 4.79 Å². The first-order chi connectivity index (χ1) is 13.0. The maximum Gasteiger partial charge on any atom is 0.317 e. The highest BCUT2D eigenvalue weighted by Gasteiger charge is 2.33. The minimum atomic E-state index is -0.0219. The zero-order chi connectivity index (χ0) is 19.4. The van der Waals surface area contributed by atoms with Crippen LogP contribution < -0.4 is 5.32 Å². The molecule has 6 heteroatoms. The third kappa shape index (κ3) is 4.61. The van der Waals surface area contributed by atoms with Gasteiger partial charge >= 0.3 is 6.03 Å². The van der Waals surface area contributed by atoms with Crippen molar-refractivity contribution in [1.82, 2.24) is 20.0 Å². The van der Waals surface area contributed by atoms with Gasteiger partial charge in [-0.1, -0.05) is 18.2 Å². The molecular formula is C21H32N4O2. The largest absolute Gasteiger partial charge is 0.338 e. The summed E-state index contributed by atoms with van der Waals surface area (Å²) in [6, 6.07) is 6.30. The minimum absolute atomic E-state index is 0.0219. The second-order valence-electron chi connectivity index (χ2n) is 7.80. The van der Waals surface area contributed by atoms with Crippen molar-refractivity contribution in [3.05, 3.63) is 34.9 Å². The molecule has 1 atom stereocenters. The minimum Gasteiger partial charge on any atom is -0.338 e. The van der Waals surface area contributed by atoms with E-state index in [9.17, 15) is 9.59 Å². The van der Waals surface area contributed by atoms with E-state index >= 15 is 0 Å². The molecule has 0 saturated carbocycles. The standard InChI is InChI=1S/C21H32N4O2/c1-16-6-4-7-17(2)18(16)9-10-22-21(27)25-14-12-24(13-15-25)20(26)19-8-5-11-23(19)3/h4,6-7,19H,5,8-15H2,1-3H3,(H,22,27). The van der Waals surface area contributed by atoms with Crippen LogP contribution in [0.5, 0.6) is 0 Å². The molecule has 3 amide bonds. The van der Waals surface area contributed by atoms with Crippen LogP contribution in [-0.2, 0) is 11.2 Å².